The zero-order valence-electron chi connectivity index (χ0n) is 14.6. The lowest BCUT2D eigenvalue weighted by Gasteiger charge is -2.10. The van der Waals surface area contributed by atoms with Crippen LogP contribution in [0.5, 0.6) is 0 Å². The van der Waals surface area contributed by atoms with Crippen molar-refractivity contribution in [3.8, 4) is 0 Å². The predicted molar refractivity (Wildman–Crippen MR) is 87.5 cm³/mol. The summed E-state index contributed by atoms with van der Waals surface area (Å²) in [6.45, 7) is 11.6. The molecule has 1 unspecified atom stereocenters. The summed E-state index contributed by atoms with van der Waals surface area (Å²) < 4.78 is 27.0. The molecule has 0 aliphatic carbocycles. The van der Waals surface area contributed by atoms with E-state index in [1.165, 1.54) is 0 Å². The summed E-state index contributed by atoms with van der Waals surface area (Å²) in [5.74, 6) is 0.622. The molecular formula is C16H35NO5. The van der Waals surface area contributed by atoms with Crippen LogP contribution >= 0.6 is 0 Å². The molecule has 0 spiro atoms. The fourth-order valence-corrected chi connectivity index (χ4v) is 1.46. The Morgan fingerprint density at radius 3 is 1.50 bits per heavy atom. The van der Waals surface area contributed by atoms with Crippen LogP contribution in [0, 0.1) is 5.92 Å². The van der Waals surface area contributed by atoms with E-state index in [4.69, 9.17) is 23.7 Å². The molecule has 0 aromatic carbocycles. The summed E-state index contributed by atoms with van der Waals surface area (Å²) in [5, 5.41) is 3.02. The zero-order chi connectivity index (χ0) is 16.3. The average Bonchev–Trinajstić information content (AvgIpc) is 2.54. The molecular weight excluding hydrogens is 286 g/mol. The van der Waals surface area contributed by atoms with Crippen LogP contribution in [0.25, 0.3) is 0 Å². The fraction of sp³-hybridized carbons (Fsp3) is 1.00. The molecule has 22 heavy (non-hydrogen) atoms. The van der Waals surface area contributed by atoms with Crippen LogP contribution < -0.4 is 5.32 Å². The van der Waals surface area contributed by atoms with Crippen molar-refractivity contribution in [2.75, 3.05) is 79.7 Å². The van der Waals surface area contributed by atoms with Gasteiger partial charge in [-0.05, 0) is 13.0 Å². The van der Waals surface area contributed by atoms with Crippen molar-refractivity contribution in [1.82, 2.24) is 5.32 Å². The van der Waals surface area contributed by atoms with Crippen molar-refractivity contribution in [2.24, 2.45) is 5.92 Å². The number of hydrogen-bond acceptors (Lipinski definition) is 6. The molecule has 0 saturated carbocycles. The fourth-order valence-electron chi connectivity index (χ4n) is 1.46. The van der Waals surface area contributed by atoms with E-state index >= 15 is 0 Å². The van der Waals surface area contributed by atoms with Crippen molar-refractivity contribution < 1.29 is 23.7 Å². The summed E-state index contributed by atoms with van der Waals surface area (Å²) in [5.41, 5.74) is 0. The molecule has 0 amide bonds. The summed E-state index contributed by atoms with van der Waals surface area (Å²) >= 11 is 0. The largest absolute Gasteiger partial charge is 0.379 e. The van der Waals surface area contributed by atoms with Gasteiger partial charge in [-0.15, -0.1) is 0 Å². The highest BCUT2D eigenvalue weighted by atomic mass is 16.6. The minimum atomic E-state index is 0.588. The standard InChI is InChI=1S/C16H35NO5/c1-4-16(2)15-22-14-13-21-12-11-20-10-9-19-8-7-18-6-5-17-3/h16-17H,4-15H2,1-3H3. The Balaban J connectivity index is 2.97. The molecule has 0 aromatic rings. The molecule has 1 atom stereocenters. The van der Waals surface area contributed by atoms with Gasteiger partial charge in [0.05, 0.1) is 59.5 Å². The van der Waals surface area contributed by atoms with E-state index in [9.17, 15) is 0 Å². The lowest BCUT2D eigenvalue weighted by atomic mass is 10.1. The van der Waals surface area contributed by atoms with Gasteiger partial charge in [0.25, 0.3) is 0 Å². The van der Waals surface area contributed by atoms with E-state index in [2.05, 4.69) is 19.2 Å². The van der Waals surface area contributed by atoms with Crippen LogP contribution in [0.15, 0.2) is 0 Å². The highest BCUT2D eigenvalue weighted by molar-refractivity contribution is 4.45. The van der Waals surface area contributed by atoms with Crippen LogP contribution in [0.4, 0.5) is 0 Å². The van der Waals surface area contributed by atoms with Gasteiger partial charge < -0.3 is 29.0 Å². The Morgan fingerprint density at radius 2 is 1.09 bits per heavy atom. The Kier molecular flexibility index (Phi) is 18.6. The molecule has 0 aliphatic heterocycles. The molecule has 0 fully saturated rings. The van der Waals surface area contributed by atoms with Crippen LogP contribution in [0.1, 0.15) is 20.3 Å². The molecule has 0 aromatic heterocycles. The minimum Gasteiger partial charge on any atom is -0.379 e. The number of ether oxygens (including phenoxy) is 5. The van der Waals surface area contributed by atoms with Crippen LogP contribution in [0.2, 0.25) is 0 Å². The van der Waals surface area contributed by atoms with Crippen LogP contribution in [-0.4, -0.2) is 79.7 Å². The Labute approximate surface area is 135 Å². The first-order valence-electron chi connectivity index (χ1n) is 8.34. The van der Waals surface area contributed by atoms with Gasteiger partial charge in [-0.25, -0.2) is 0 Å². The first kappa shape index (κ1) is 21.8. The summed E-state index contributed by atoms with van der Waals surface area (Å²) in [6.07, 6.45) is 1.15. The molecule has 0 radical (unpaired) electrons. The quantitative estimate of drug-likeness (QED) is 0.384. The molecule has 0 bridgehead atoms. The molecule has 0 heterocycles. The van der Waals surface area contributed by atoms with E-state index in [1.807, 2.05) is 7.05 Å². The summed E-state index contributed by atoms with van der Waals surface area (Å²) in [4.78, 5) is 0. The predicted octanol–water partition coefficient (Wildman–Crippen LogP) is 1.33. The molecule has 6 heteroatoms. The third-order valence-electron chi connectivity index (χ3n) is 3.08. The average molecular weight is 321 g/mol. The lowest BCUT2D eigenvalue weighted by molar-refractivity contribution is -0.0129. The number of rotatable bonds is 18. The zero-order valence-corrected chi connectivity index (χ0v) is 14.6. The molecule has 134 valence electrons. The van der Waals surface area contributed by atoms with E-state index in [0.29, 0.717) is 58.8 Å². The van der Waals surface area contributed by atoms with Gasteiger partial charge in [0, 0.05) is 13.2 Å². The second-order valence-electron chi connectivity index (χ2n) is 5.14. The van der Waals surface area contributed by atoms with E-state index in [1.54, 1.807) is 0 Å². The van der Waals surface area contributed by atoms with Gasteiger partial charge in [-0.3, -0.25) is 0 Å². The van der Waals surface area contributed by atoms with Crippen molar-refractivity contribution in [2.45, 2.75) is 20.3 Å². The molecule has 6 nitrogen and oxygen atoms in total. The van der Waals surface area contributed by atoms with Crippen molar-refractivity contribution in [3.63, 3.8) is 0 Å². The monoisotopic (exact) mass is 321 g/mol. The highest BCUT2D eigenvalue weighted by Gasteiger charge is 1.98. The van der Waals surface area contributed by atoms with Crippen molar-refractivity contribution in [3.05, 3.63) is 0 Å². The minimum absolute atomic E-state index is 0.588. The Morgan fingerprint density at radius 1 is 0.682 bits per heavy atom. The number of nitrogens with one attached hydrogen (secondary N) is 1. The van der Waals surface area contributed by atoms with Crippen LogP contribution in [-0.2, 0) is 23.7 Å². The lowest BCUT2D eigenvalue weighted by Crippen LogP contribution is -2.17. The second-order valence-corrected chi connectivity index (χ2v) is 5.14. The summed E-state index contributed by atoms with van der Waals surface area (Å²) in [6, 6.07) is 0. The van der Waals surface area contributed by atoms with E-state index in [-0.39, 0.29) is 0 Å². The van der Waals surface area contributed by atoms with Crippen LogP contribution in [0.3, 0.4) is 0 Å². The normalized spacial score (nSPS) is 12.7. The van der Waals surface area contributed by atoms with Gasteiger partial charge in [-0.2, -0.15) is 0 Å². The van der Waals surface area contributed by atoms with Gasteiger partial charge in [0.2, 0.25) is 0 Å². The maximum atomic E-state index is 5.49. The van der Waals surface area contributed by atoms with Gasteiger partial charge in [0.1, 0.15) is 0 Å². The molecule has 1 N–H and O–H groups in total. The first-order chi connectivity index (χ1) is 10.8. The van der Waals surface area contributed by atoms with Gasteiger partial charge >= 0.3 is 0 Å². The topological polar surface area (TPSA) is 58.2 Å². The van der Waals surface area contributed by atoms with Crippen molar-refractivity contribution >= 4 is 0 Å². The second kappa shape index (κ2) is 18.8. The maximum absolute atomic E-state index is 5.49. The third kappa shape index (κ3) is 17.8. The summed E-state index contributed by atoms with van der Waals surface area (Å²) in [7, 11) is 1.90. The SMILES string of the molecule is CCC(C)COCCOCCOCCOCCOCCNC. The Hall–Kier alpha value is -0.240. The van der Waals surface area contributed by atoms with E-state index in [0.717, 1.165) is 26.2 Å². The van der Waals surface area contributed by atoms with Gasteiger partial charge in [-0.1, -0.05) is 20.3 Å². The smallest absolute Gasteiger partial charge is 0.0701 e. The number of hydrogen-bond donors (Lipinski definition) is 1. The maximum Gasteiger partial charge on any atom is 0.0701 e. The molecule has 0 rings (SSSR count). The molecule has 0 aliphatic rings. The molecule has 0 saturated heterocycles. The highest BCUT2D eigenvalue weighted by Crippen LogP contribution is 1.99. The Bertz CT molecular complexity index is 207. The third-order valence-corrected chi connectivity index (χ3v) is 3.08. The van der Waals surface area contributed by atoms with E-state index < -0.39 is 0 Å². The first-order valence-corrected chi connectivity index (χ1v) is 8.34. The van der Waals surface area contributed by atoms with Gasteiger partial charge in [0.15, 0.2) is 0 Å². The number of likely N-dealkylation sites (N-methyl/N-ethyl adjacent to an activating group) is 1. The van der Waals surface area contributed by atoms with Crippen molar-refractivity contribution in [1.29, 1.82) is 0 Å².